The summed E-state index contributed by atoms with van der Waals surface area (Å²) in [6.07, 6.45) is 0.582. The number of nitrogens with zero attached hydrogens (tertiary/aromatic N) is 2. The molecule has 0 unspecified atom stereocenters. The van der Waals surface area contributed by atoms with E-state index in [0.29, 0.717) is 30.8 Å². The van der Waals surface area contributed by atoms with Gasteiger partial charge in [0, 0.05) is 24.7 Å². The van der Waals surface area contributed by atoms with Crippen LogP contribution in [0.15, 0.2) is 18.2 Å². The maximum absolute atomic E-state index is 11.5. The van der Waals surface area contributed by atoms with Crippen LogP contribution in [0.25, 0.3) is 0 Å². The molecule has 116 valence electrons. The van der Waals surface area contributed by atoms with Crippen LogP contribution in [0.3, 0.4) is 0 Å². The second kappa shape index (κ2) is 6.32. The molecule has 2 rings (SSSR count). The number of aliphatic carboxylic acids is 1. The van der Waals surface area contributed by atoms with E-state index in [4.69, 9.17) is 4.74 Å². The molecule has 0 spiro atoms. The van der Waals surface area contributed by atoms with Crippen LogP contribution in [0.5, 0.6) is 11.5 Å². The summed E-state index contributed by atoms with van der Waals surface area (Å²) in [5, 5.41) is 19.4. The normalized spacial score (nSPS) is 22.7. The molecule has 1 heterocycles. The summed E-state index contributed by atoms with van der Waals surface area (Å²) in [6.45, 7) is 1.01. The third-order valence-corrected chi connectivity index (χ3v) is 4.09. The highest BCUT2D eigenvalue weighted by Gasteiger charge is 2.38. The number of carbonyl (C=O) groups is 1. The van der Waals surface area contributed by atoms with Crippen LogP contribution in [0, 0.1) is 0 Å². The predicted molar refractivity (Wildman–Crippen MR) is 78.6 cm³/mol. The van der Waals surface area contributed by atoms with Gasteiger partial charge in [-0.15, -0.1) is 0 Å². The molecule has 21 heavy (non-hydrogen) atoms. The Morgan fingerprint density at radius 3 is 2.76 bits per heavy atom. The molecule has 6 heteroatoms. The lowest BCUT2D eigenvalue weighted by Crippen LogP contribution is -2.36. The van der Waals surface area contributed by atoms with Crippen molar-refractivity contribution >= 4 is 5.97 Å². The van der Waals surface area contributed by atoms with Crippen molar-refractivity contribution in [1.82, 2.24) is 9.80 Å². The Hall–Kier alpha value is -1.79. The fourth-order valence-electron chi connectivity index (χ4n) is 2.79. The average Bonchev–Trinajstić information content (AvgIpc) is 2.85. The second-order valence-electron chi connectivity index (χ2n) is 5.59. The monoisotopic (exact) mass is 294 g/mol. The van der Waals surface area contributed by atoms with Gasteiger partial charge < -0.3 is 19.8 Å². The van der Waals surface area contributed by atoms with Gasteiger partial charge in [-0.05, 0) is 32.6 Å². The van der Waals surface area contributed by atoms with Crippen LogP contribution in [-0.4, -0.2) is 65.8 Å². The van der Waals surface area contributed by atoms with Gasteiger partial charge in [0.1, 0.15) is 17.5 Å². The molecule has 1 fully saturated rings. The minimum absolute atomic E-state index is 0.131. The van der Waals surface area contributed by atoms with Crippen molar-refractivity contribution in [1.29, 1.82) is 0 Å². The van der Waals surface area contributed by atoms with Gasteiger partial charge in [0.2, 0.25) is 0 Å². The highest BCUT2D eigenvalue weighted by Crippen LogP contribution is 2.32. The zero-order chi connectivity index (χ0) is 15.6. The number of phenols is 1. The number of carboxylic acids is 1. The van der Waals surface area contributed by atoms with Gasteiger partial charge in [-0.3, -0.25) is 9.69 Å². The van der Waals surface area contributed by atoms with Gasteiger partial charge in [-0.2, -0.15) is 0 Å². The van der Waals surface area contributed by atoms with E-state index in [0.717, 1.165) is 0 Å². The third kappa shape index (κ3) is 3.28. The smallest absolute Gasteiger partial charge is 0.320 e. The summed E-state index contributed by atoms with van der Waals surface area (Å²) < 4.78 is 5.26. The van der Waals surface area contributed by atoms with Crippen LogP contribution in [0.4, 0.5) is 0 Å². The van der Waals surface area contributed by atoms with Gasteiger partial charge in [0.05, 0.1) is 7.11 Å². The zero-order valence-electron chi connectivity index (χ0n) is 12.6. The van der Waals surface area contributed by atoms with Crippen LogP contribution >= 0.6 is 0 Å². The van der Waals surface area contributed by atoms with Crippen molar-refractivity contribution in [3.8, 4) is 11.5 Å². The van der Waals surface area contributed by atoms with Gasteiger partial charge in [-0.1, -0.05) is 6.07 Å². The van der Waals surface area contributed by atoms with E-state index < -0.39 is 12.0 Å². The zero-order valence-corrected chi connectivity index (χ0v) is 12.6. The lowest BCUT2D eigenvalue weighted by Gasteiger charge is -2.23. The van der Waals surface area contributed by atoms with E-state index in [-0.39, 0.29) is 11.8 Å². The van der Waals surface area contributed by atoms with E-state index in [2.05, 4.69) is 0 Å². The Morgan fingerprint density at radius 1 is 1.48 bits per heavy atom. The molecule has 0 aromatic heterocycles. The minimum atomic E-state index is -0.825. The van der Waals surface area contributed by atoms with Crippen LogP contribution < -0.4 is 4.74 Å². The molecule has 1 aromatic rings. The summed E-state index contributed by atoms with van der Waals surface area (Å²) >= 11 is 0. The summed E-state index contributed by atoms with van der Waals surface area (Å²) in [6, 6.07) is 4.72. The van der Waals surface area contributed by atoms with Crippen LogP contribution in [0.1, 0.15) is 12.0 Å². The molecule has 0 bridgehead atoms. The summed E-state index contributed by atoms with van der Waals surface area (Å²) in [5.41, 5.74) is 0.630. The number of benzene rings is 1. The molecule has 2 atom stereocenters. The fraction of sp³-hybridized carbons (Fsp3) is 0.533. The number of hydrogen-bond donors (Lipinski definition) is 2. The molecule has 1 saturated heterocycles. The average molecular weight is 294 g/mol. The van der Waals surface area contributed by atoms with E-state index in [1.807, 2.05) is 23.9 Å². The van der Waals surface area contributed by atoms with E-state index in [9.17, 15) is 15.0 Å². The number of ether oxygens (including phenoxy) is 1. The third-order valence-electron chi connectivity index (χ3n) is 4.09. The first-order valence-corrected chi connectivity index (χ1v) is 6.92. The number of methoxy groups -OCH3 is 1. The molecule has 0 radical (unpaired) electrons. The molecule has 0 amide bonds. The molecule has 6 nitrogen and oxygen atoms in total. The number of likely N-dealkylation sites (tertiary alicyclic amines) is 1. The Balaban J connectivity index is 2.23. The number of likely N-dealkylation sites (N-methyl/N-ethyl adjacent to an activating group) is 1. The number of rotatable bonds is 5. The van der Waals surface area contributed by atoms with Gasteiger partial charge >= 0.3 is 5.97 Å². The standard InChI is InChI=1S/C15H22N2O4/c1-16(2)10-7-12(15(19)20)17(8-10)9-11-13(18)5-4-6-14(11)21-3/h4-6,10,12,18H,7-9H2,1-3H3,(H,19,20)/t10-,12+/m1/s1. The maximum Gasteiger partial charge on any atom is 0.320 e. The minimum Gasteiger partial charge on any atom is -0.507 e. The molecule has 1 aromatic carbocycles. The van der Waals surface area contributed by atoms with Crippen molar-refractivity contribution in [2.24, 2.45) is 0 Å². The fourth-order valence-corrected chi connectivity index (χ4v) is 2.79. The van der Waals surface area contributed by atoms with Crippen molar-refractivity contribution in [2.75, 3.05) is 27.7 Å². The lowest BCUT2D eigenvalue weighted by molar-refractivity contribution is -0.142. The van der Waals surface area contributed by atoms with Crippen molar-refractivity contribution in [3.05, 3.63) is 23.8 Å². The second-order valence-corrected chi connectivity index (χ2v) is 5.59. The number of carboxylic acid groups (broad SMARTS) is 1. The molecular weight excluding hydrogens is 272 g/mol. The summed E-state index contributed by atoms with van der Waals surface area (Å²) in [4.78, 5) is 15.4. The van der Waals surface area contributed by atoms with Crippen molar-refractivity contribution in [3.63, 3.8) is 0 Å². The maximum atomic E-state index is 11.5. The summed E-state index contributed by atoms with van der Waals surface area (Å²) in [5.74, 6) is -0.118. The molecule has 0 saturated carbocycles. The number of aromatic hydroxyl groups is 1. The van der Waals surface area contributed by atoms with E-state index in [1.165, 1.54) is 0 Å². The first-order chi connectivity index (χ1) is 9.93. The van der Waals surface area contributed by atoms with Crippen molar-refractivity contribution in [2.45, 2.75) is 25.0 Å². The molecular formula is C15H22N2O4. The van der Waals surface area contributed by atoms with Crippen molar-refractivity contribution < 1.29 is 19.7 Å². The highest BCUT2D eigenvalue weighted by molar-refractivity contribution is 5.74. The Labute approximate surface area is 124 Å². The topological polar surface area (TPSA) is 73.2 Å². The molecule has 0 aliphatic carbocycles. The van der Waals surface area contributed by atoms with E-state index in [1.54, 1.807) is 25.3 Å². The number of phenolic OH excluding ortho intramolecular Hbond substituents is 1. The van der Waals surface area contributed by atoms with Crippen LogP contribution in [-0.2, 0) is 11.3 Å². The summed E-state index contributed by atoms with van der Waals surface area (Å²) in [7, 11) is 5.45. The molecule has 2 N–H and O–H groups in total. The van der Waals surface area contributed by atoms with Gasteiger partial charge in [0.25, 0.3) is 0 Å². The SMILES string of the molecule is COc1cccc(O)c1CN1C[C@H](N(C)C)C[C@H]1C(=O)O. The van der Waals surface area contributed by atoms with Crippen LogP contribution in [0.2, 0.25) is 0 Å². The first-order valence-electron chi connectivity index (χ1n) is 6.92. The Morgan fingerprint density at radius 2 is 2.19 bits per heavy atom. The van der Waals surface area contributed by atoms with E-state index >= 15 is 0 Å². The Kier molecular flexibility index (Phi) is 4.69. The lowest BCUT2D eigenvalue weighted by atomic mass is 10.1. The first kappa shape index (κ1) is 15.6. The predicted octanol–water partition coefficient (Wildman–Crippen LogP) is 0.990. The largest absolute Gasteiger partial charge is 0.507 e. The number of hydrogen-bond acceptors (Lipinski definition) is 5. The molecule has 1 aliphatic heterocycles. The highest BCUT2D eigenvalue weighted by atomic mass is 16.5. The quantitative estimate of drug-likeness (QED) is 0.844. The van der Waals surface area contributed by atoms with Gasteiger partial charge in [-0.25, -0.2) is 0 Å². The Bertz CT molecular complexity index is 518. The molecule has 1 aliphatic rings. The van der Waals surface area contributed by atoms with Gasteiger partial charge in [0.15, 0.2) is 0 Å².